The molecule has 0 saturated carbocycles. The van der Waals surface area contributed by atoms with E-state index < -0.39 is 22.3 Å². The lowest BCUT2D eigenvalue weighted by Gasteiger charge is -2.24. The number of nitrogens with two attached hydrogens (primary N) is 1. The average Bonchev–Trinajstić information content (AvgIpc) is 2.50. The summed E-state index contributed by atoms with van der Waals surface area (Å²) in [6.45, 7) is 1.47. The first kappa shape index (κ1) is 17.6. The molecule has 0 aliphatic rings. The van der Waals surface area contributed by atoms with Gasteiger partial charge in [-0.3, -0.25) is 19.7 Å². The van der Waals surface area contributed by atoms with Crippen LogP contribution in [0.3, 0.4) is 0 Å². The zero-order chi connectivity index (χ0) is 16.8. The molecule has 0 fully saturated rings. The molecule has 0 aliphatic heterocycles. The van der Waals surface area contributed by atoms with Gasteiger partial charge in [-0.25, -0.2) is 0 Å². The molecular weight excluding hydrogens is 292 g/mol. The van der Waals surface area contributed by atoms with Crippen LogP contribution >= 0.6 is 0 Å². The van der Waals surface area contributed by atoms with Crippen LogP contribution in [0.2, 0.25) is 0 Å². The molecule has 0 saturated heterocycles. The zero-order valence-corrected chi connectivity index (χ0v) is 12.2. The smallest absolute Gasteiger partial charge is 0.313 e. The van der Waals surface area contributed by atoms with Gasteiger partial charge in [0.1, 0.15) is 6.61 Å². The molecular formula is C14H18N2O6. The van der Waals surface area contributed by atoms with Crippen molar-refractivity contribution in [2.45, 2.75) is 26.4 Å². The summed E-state index contributed by atoms with van der Waals surface area (Å²) in [5.74, 6) is -1.60. The maximum atomic E-state index is 12.1. The molecule has 0 heterocycles. The number of esters is 1. The second-order valence-electron chi connectivity index (χ2n) is 5.16. The molecule has 1 aromatic carbocycles. The van der Waals surface area contributed by atoms with Crippen molar-refractivity contribution >= 4 is 17.6 Å². The van der Waals surface area contributed by atoms with E-state index >= 15 is 0 Å². The second kappa shape index (κ2) is 7.51. The van der Waals surface area contributed by atoms with Crippen LogP contribution in [0.25, 0.3) is 0 Å². The molecule has 22 heavy (non-hydrogen) atoms. The number of ether oxygens (including phenoxy) is 1. The van der Waals surface area contributed by atoms with E-state index in [1.807, 2.05) is 0 Å². The fraction of sp³-hybridized carbons (Fsp3) is 0.429. The van der Waals surface area contributed by atoms with E-state index in [0.717, 1.165) is 0 Å². The quantitative estimate of drug-likeness (QED) is 0.422. The number of nitrogens with zero attached hydrogens (tertiary/aromatic N) is 1. The van der Waals surface area contributed by atoms with Crippen LogP contribution in [0.1, 0.15) is 25.3 Å². The Bertz CT molecular complexity index is 557. The summed E-state index contributed by atoms with van der Waals surface area (Å²) in [6.07, 6.45) is -0.0989. The van der Waals surface area contributed by atoms with Crippen LogP contribution in [-0.2, 0) is 20.9 Å². The van der Waals surface area contributed by atoms with Crippen molar-refractivity contribution in [1.82, 2.24) is 0 Å². The molecule has 0 aromatic heterocycles. The Labute approximate surface area is 127 Å². The summed E-state index contributed by atoms with van der Waals surface area (Å²) in [5.41, 5.74) is 5.02. The van der Waals surface area contributed by atoms with E-state index in [1.165, 1.54) is 24.3 Å². The van der Waals surface area contributed by atoms with Crippen molar-refractivity contribution in [3.05, 3.63) is 39.9 Å². The van der Waals surface area contributed by atoms with Gasteiger partial charge in [0.05, 0.1) is 10.3 Å². The van der Waals surface area contributed by atoms with Crippen LogP contribution in [0, 0.1) is 15.5 Å². The molecule has 120 valence electrons. The number of hydrogen-bond acceptors (Lipinski definition) is 6. The van der Waals surface area contributed by atoms with E-state index in [9.17, 15) is 19.7 Å². The summed E-state index contributed by atoms with van der Waals surface area (Å²) in [6, 6.07) is 5.61. The Morgan fingerprint density at radius 2 is 1.95 bits per heavy atom. The van der Waals surface area contributed by atoms with E-state index in [0.29, 0.717) is 5.56 Å². The fourth-order valence-electron chi connectivity index (χ4n) is 1.71. The van der Waals surface area contributed by atoms with E-state index in [1.54, 1.807) is 6.92 Å². The van der Waals surface area contributed by atoms with Gasteiger partial charge < -0.3 is 15.6 Å². The molecule has 1 rings (SSSR count). The van der Waals surface area contributed by atoms with Crippen LogP contribution in [0.4, 0.5) is 5.69 Å². The Morgan fingerprint density at radius 1 is 1.36 bits per heavy atom. The normalized spacial score (nSPS) is 13.2. The summed E-state index contributed by atoms with van der Waals surface area (Å²) in [7, 11) is 0. The Kier molecular flexibility index (Phi) is 6.00. The first-order chi connectivity index (χ1) is 10.3. The lowest BCUT2D eigenvalue weighted by molar-refractivity contribution is -0.384. The molecule has 0 aliphatic carbocycles. The number of nitro groups is 1. The molecule has 1 aromatic rings. The first-order valence-electron chi connectivity index (χ1n) is 6.61. The molecule has 0 radical (unpaired) electrons. The number of carboxylic acids is 1. The van der Waals surface area contributed by atoms with E-state index in [2.05, 4.69) is 0 Å². The Morgan fingerprint density at radius 3 is 2.41 bits per heavy atom. The first-order valence-corrected chi connectivity index (χ1v) is 6.61. The lowest BCUT2D eigenvalue weighted by Crippen LogP contribution is -2.37. The maximum Gasteiger partial charge on any atom is 0.313 e. The van der Waals surface area contributed by atoms with Gasteiger partial charge >= 0.3 is 11.9 Å². The molecule has 1 atom stereocenters. The number of carbonyl (C=O) groups excluding carboxylic acids is 1. The van der Waals surface area contributed by atoms with Crippen molar-refractivity contribution in [2.24, 2.45) is 11.1 Å². The summed E-state index contributed by atoms with van der Waals surface area (Å²) < 4.78 is 5.14. The number of nitro benzene ring substituents is 1. The fourth-order valence-corrected chi connectivity index (χ4v) is 1.71. The van der Waals surface area contributed by atoms with Crippen LogP contribution < -0.4 is 5.73 Å². The third kappa shape index (κ3) is 4.81. The number of carboxylic acid groups (broad SMARTS) is 1. The number of rotatable bonds is 8. The number of aliphatic carboxylic acids is 1. The predicted molar refractivity (Wildman–Crippen MR) is 76.9 cm³/mol. The molecule has 3 N–H and O–H groups in total. The van der Waals surface area contributed by atoms with Gasteiger partial charge in [-0.2, -0.15) is 0 Å². The second-order valence-corrected chi connectivity index (χ2v) is 5.16. The number of hydrogen-bond donors (Lipinski definition) is 2. The Hall–Kier alpha value is -2.48. The summed E-state index contributed by atoms with van der Waals surface area (Å²) in [5, 5.41) is 19.2. The van der Waals surface area contributed by atoms with Crippen LogP contribution in [0.15, 0.2) is 24.3 Å². The SMILES string of the molecule is CC(CN)(CCC(=O)O)C(=O)OCc1ccc([N+](=O)[O-])cc1. The number of benzene rings is 1. The van der Waals surface area contributed by atoms with Crippen molar-refractivity contribution in [2.75, 3.05) is 6.54 Å². The third-order valence-corrected chi connectivity index (χ3v) is 3.35. The van der Waals surface area contributed by atoms with Crippen molar-refractivity contribution < 1.29 is 24.4 Å². The minimum atomic E-state index is -1.07. The van der Waals surface area contributed by atoms with Gasteiger partial charge in [0.15, 0.2) is 0 Å². The molecule has 8 heteroatoms. The minimum Gasteiger partial charge on any atom is -0.481 e. The summed E-state index contributed by atoms with van der Waals surface area (Å²) in [4.78, 5) is 32.7. The average molecular weight is 310 g/mol. The maximum absolute atomic E-state index is 12.1. The lowest BCUT2D eigenvalue weighted by atomic mass is 9.85. The number of carbonyl (C=O) groups is 2. The van der Waals surface area contributed by atoms with Gasteiger partial charge in [0.25, 0.3) is 5.69 Å². The van der Waals surface area contributed by atoms with Crippen molar-refractivity contribution in [3.63, 3.8) is 0 Å². The molecule has 0 bridgehead atoms. The minimum absolute atomic E-state index is 0.0284. The highest BCUT2D eigenvalue weighted by Crippen LogP contribution is 2.24. The molecule has 0 amide bonds. The Balaban J connectivity index is 2.63. The van der Waals surface area contributed by atoms with Gasteiger partial charge in [-0.1, -0.05) is 0 Å². The monoisotopic (exact) mass is 310 g/mol. The predicted octanol–water partition coefficient (Wildman–Crippen LogP) is 1.47. The summed E-state index contributed by atoms with van der Waals surface area (Å²) >= 11 is 0. The largest absolute Gasteiger partial charge is 0.481 e. The highest BCUT2D eigenvalue weighted by Gasteiger charge is 2.33. The van der Waals surface area contributed by atoms with Crippen LogP contribution in [-0.4, -0.2) is 28.5 Å². The van der Waals surface area contributed by atoms with Gasteiger partial charge in [-0.15, -0.1) is 0 Å². The zero-order valence-electron chi connectivity index (χ0n) is 12.2. The third-order valence-electron chi connectivity index (χ3n) is 3.35. The molecule has 8 nitrogen and oxygen atoms in total. The molecule has 1 unspecified atom stereocenters. The van der Waals surface area contributed by atoms with Crippen molar-refractivity contribution in [1.29, 1.82) is 0 Å². The van der Waals surface area contributed by atoms with Crippen LogP contribution in [0.5, 0.6) is 0 Å². The van der Waals surface area contributed by atoms with Crippen molar-refractivity contribution in [3.8, 4) is 0 Å². The topological polar surface area (TPSA) is 133 Å². The highest BCUT2D eigenvalue weighted by atomic mass is 16.6. The van der Waals surface area contributed by atoms with Gasteiger partial charge in [-0.05, 0) is 31.0 Å². The molecule has 0 spiro atoms. The number of non-ortho nitro benzene ring substituents is 1. The van der Waals surface area contributed by atoms with Gasteiger partial charge in [0.2, 0.25) is 0 Å². The van der Waals surface area contributed by atoms with Gasteiger partial charge in [0, 0.05) is 25.1 Å². The van der Waals surface area contributed by atoms with E-state index in [4.69, 9.17) is 15.6 Å². The van der Waals surface area contributed by atoms with E-state index in [-0.39, 0.29) is 31.7 Å². The standard InChI is InChI=1S/C14H18N2O6/c1-14(9-15,7-6-12(17)18)13(19)22-8-10-2-4-11(5-3-10)16(20)21/h2-5H,6-9,15H2,1H3,(H,17,18). The highest BCUT2D eigenvalue weighted by molar-refractivity contribution is 5.77.